The fraction of sp³-hybridized carbons (Fsp3) is 0.500. The summed E-state index contributed by atoms with van der Waals surface area (Å²) in [5, 5.41) is 0. The number of piperazine rings is 1. The van der Waals surface area contributed by atoms with E-state index in [1.165, 1.54) is 11.0 Å². The number of anilines is 1. The molecule has 0 unspecified atom stereocenters. The highest BCUT2D eigenvalue weighted by Gasteiger charge is 2.35. The molecule has 2 saturated heterocycles. The lowest BCUT2D eigenvalue weighted by Crippen LogP contribution is -2.51. The highest BCUT2D eigenvalue weighted by Crippen LogP contribution is 2.20. The summed E-state index contributed by atoms with van der Waals surface area (Å²) in [4.78, 5) is 30.8. The molecule has 23 heavy (non-hydrogen) atoms. The number of hydrogen-bond donors (Lipinski definition) is 0. The van der Waals surface area contributed by atoms with Crippen LogP contribution in [-0.4, -0.2) is 72.6 Å². The van der Waals surface area contributed by atoms with E-state index in [1.807, 2.05) is 11.0 Å². The number of rotatable bonds is 4. The van der Waals surface area contributed by atoms with Crippen LogP contribution in [0.5, 0.6) is 0 Å². The minimum absolute atomic E-state index is 0.137. The number of para-hydroxylation sites is 1. The number of benzene rings is 1. The van der Waals surface area contributed by atoms with Crippen LogP contribution in [-0.2, 0) is 4.79 Å². The zero-order valence-electron chi connectivity index (χ0n) is 13.2. The Kier molecular flexibility index (Phi) is 4.47. The van der Waals surface area contributed by atoms with Crippen LogP contribution in [0.25, 0.3) is 0 Å². The van der Waals surface area contributed by atoms with Crippen LogP contribution in [0.1, 0.15) is 6.92 Å². The molecular weight excluding hydrogens is 299 g/mol. The second-order valence-electron chi connectivity index (χ2n) is 5.82. The Morgan fingerprint density at radius 1 is 1.09 bits per heavy atom. The van der Waals surface area contributed by atoms with Gasteiger partial charge in [0, 0.05) is 32.7 Å². The van der Waals surface area contributed by atoms with Crippen LogP contribution in [0.4, 0.5) is 14.9 Å². The fourth-order valence-electron chi connectivity index (χ4n) is 3.10. The topological polar surface area (TPSA) is 47.1 Å². The Bertz CT molecular complexity index is 601. The molecule has 0 radical (unpaired) electrons. The van der Waals surface area contributed by atoms with Crippen LogP contribution >= 0.6 is 0 Å². The largest absolute Gasteiger partial charge is 0.367 e. The quantitative estimate of drug-likeness (QED) is 0.782. The van der Waals surface area contributed by atoms with Gasteiger partial charge < -0.3 is 9.80 Å². The summed E-state index contributed by atoms with van der Waals surface area (Å²) in [6.45, 7) is 5.69. The second kappa shape index (κ2) is 6.54. The SMILES string of the molecule is CCN1C(=O)CN(CN2CCN(c3ccccc3F)CC2)C1=O. The third-order valence-electron chi connectivity index (χ3n) is 4.38. The van der Waals surface area contributed by atoms with E-state index in [4.69, 9.17) is 0 Å². The Morgan fingerprint density at radius 3 is 2.39 bits per heavy atom. The summed E-state index contributed by atoms with van der Waals surface area (Å²) in [6.07, 6.45) is 0. The van der Waals surface area contributed by atoms with E-state index < -0.39 is 0 Å². The van der Waals surface area contributed by atoms with E-state index in [9.17, 15) is 14.0 Å². The third kappa shape index (κ3) is 3.14. The maximum atomic E-state index is 13.8. The number of nitrogens with zero attached hydrogens (tertiary/aromatic N) is 4. The summed E-state index contributed by atoms with van der Waals surface area (Å²) < 4.78 is 13.8. The van der Waals surface area contributed by atoms with E-state index in [1.54, 1.807) is 24.0 Å². The summed E-state index contributed by atoms with van der Waals surface area (Å²) >= 11 is 0. The molecule has 2 aliphatic heterocycles. The summed E-state index contributed by atoms with van der Waals surface area (Å²) in [5.74, 6) is -0.345. The van der Waals surface area contributed by atoms with Gasteiger partial charge in [0.25, 0.3) is 0 Å². The lowest BCUT2D eigenvalue weighted by molar-refractivity contribution is -0.125. The Hall–Kier alpha value is -2.15. The van der Waals surface area contributed by atoms with Crippen molar-refractivity contribution in [2.45, 2.75) is 6.92 Å². The molecule has 0 spiro atoms. The number of hydrogen-bond acceptors (Lipinski definition) is 4. The van der Waals surface area contributed by atoms with Gasteiger partial charge in [0.05, 0.1) is 12.4 Å². The molecule has 0 atom stereocenters. The Morgan fingerprint density at radius 2 is 1.78 bits per heavy atom. The number of carbonyl (C=O) groups is 2. The summed E-state index contributed by atoms with van der Waals surface area (Å²) in [5.41, 5.74) is 0.622. The van der Waals surface area contributed by atoms with Crippen LogP contribution in [0, 0.1) is 5.82 Å². The molecule has 3 rings (SSSR count). The predicted octanol–water partition coefficient (Wildman–Crippen LogP) is 1.19. The summed E-state index contributed by atoms with van der Waals surface area (Å²) in [6, 6.07) is 6.56. The first-order valence-corrected chi connectivity index (χ1v) is 7.91. The average Bonchev–Trinajstić information content (AvgIpc) is 2.82. The zero-order valence-corrected chi connectivity index (χ0v) is 13.2. The van der Waals surface area contributed by atoms with Gasteiger partial charge in [-0.05, 0) is 19.1 Å². The van der Waals surface area contributed by atoms with E-state index in [2.05, 4.69) is 4.90 Å². The molecule has 1 aromatic rings. The number of imide groups is 1. The maximum absolute atomic E-state index is 13.8. The van der Waals surface area contributed by atoms with Crippen molar-refractivity contribution in [3.05, 3.63) is 30.1 Å². The number of carbonyl (C=O) groups excluding carboxylic acids is 2. The van der Waals surface area contributed by atoms with E-state index in [-0.39, 0.29) is 24.3 Å². The van der Waals surface area contributed by atoms with Gasteiger partial charge in [-0.1, -0.05) is 12.1 Å². The van der Waals surface area contributed by atoms with Crippen molar-refractivity contribution >= 4 is 17.6 Å². The molecule has 7 heteroatoms. The summed E-state index contributed by atoms with van der Waals surface area (Å²) in [7, 11) is 0. The number of amides is 3. The van der Waals surface area contributed by atoms with Crippen molar-refractivity contribution in [1.82, 2.24) is 14.7 Å². The molecular formula is C16H21FN4O2. The number of halogens is 1. The highest BCUT2D eigenvalue weighted by atomic mass is 19.1. The molecule has 2 aliphatic rings. The van der Waals surface area contributed by atoms with Crippen LogP contribution < -0.4 is 4.90 Å². The Balaban J connectivity index is 1.55. The molecule has 124 valence electrons. The Labute approximate surface area is 135 Å². The first kappa shape index (κ1) is 15.7. The highest BCUT2D eigenvalue weighted by molar-refractivity contribution is 6.01. The van der Waals surface area contributed by atoms with Gasteiger partial charge in [-0.15, -0.1) is 0 Å². The molecule has 2 heterocycles. The normalized spacial score (nSPS) is 19.8. The van der Waals surface area contributed by atoms with Gasteiger partial charge in [0.15, 0.2) is 0 Å². The monoisotopic (exact) mass is 320 g/mol. The van der Waals surface area contributed by atoms with Crippen molar-refractivity contribution in [3.63, 3.8) is 0 Å². The van der Waals surface area contributed by atoms with Gasteiger partial charge in [0.1, 0.15) is 12.4 Å². The minimum atomic E-state index is -0.214. The molecule has 1 aromatic carbocycles. The smallest absolute Gasteiger partial charge is 0.328 e. The van der Waals surface area contributed by atoms with E-state index >= 15 is 0 Å². The van der Waals surface area contributed by atoms with Crippen molar-refractivity contribution in [2.75, 3.05) is 50.8 Å². The number of likely N-dealkylation sites (N-methyl/N-ethyl adjacent to an activating group) is 1. The molecule has 0 N–H and O–H groups in total. The van der Waals surface area contributed by atoms with Gasteiger partial charge in [-0.2, -0.15) is 0 Å². The maximum Gasteiger partial charge on any atom is 0.328 e. The molecule has 0 aliphatic carbocycles. The van der Waals surface area contributed by atoms with Crippen molar-refractivity contribution < 1.29 is 14.0 Å². The van der Waals surface area contributed by atoms with E-state index in [0.29, 0.717) is 32.0 Å². The second-order valence-corrected chi connectivity index (χ2v) is 5.82. The van der Waals surface area contributed by atoms with Crippen LogP contribution in [0.3, 0.4) is 0 Å². The molecule has 0 aromatic heterocycles. The number of urea groups is 1. The van der Waals surface area contributed by atoms with Crippen molar-refractivity contribution in [1.29, 1.82) is 0 Å². The molecule has 6 nitrogen and oxygen atoms in total. The standard InChI is InChI=1S/C16H21FN4O2/c1-2-21-15(22)11-20(16(21)23)12-18-7-9-19(10-8-18)14-6-4-3-5-13(14)17/h3-6H,2,7-12H2,1H3. The molecule has 0 bridgehead atoms. The molecule has 3 amide bonds. The predicted molar refractivity (Wildman–Crippen MR) is 84.5 cm³/mol. The van der Waals surface area contributed by atoms with Crippen LogP contribution in [0.15, 0.2) is 24.3 Å². The molecule has 2 fully saturated rings. The zero-order chi connectivity index (χ0) is 16.4. The van der Waals surface area contributed by atoms with Crippen LogP contribution in [0.2, 0.25) is 0 Å². The van der Waals surface area contributed by atoms with Gasteiger partial charge >= 0.3 is 6.03 Å². The average molecular weight is 320 g/mol. The lowest BCUT2D eigenvalue weighted by atomic mass is 10.2. The molecule has 0 saturated carbocycles. The third-order valence-corrected chi connectivity index (χ3v) is 4.38. The first-order valence-electron chi connectivity index (χ1n) is 7.91. The fourth-order valence-corrected chi connectivity index (χ4v) is 3.10. The van der Waals surface area contributed by atoms with E-state index in [0.717, 1.165) is 13.1 Å². The van der Waals surface area contributed by atoms with Gasteiger partial charge in [-0.25, -0.2) is 9.18 Å². The van der Waals surface area contributed by atoms with Crippen molar-refractivity contribution in [2.24, 2.45) is 0 Å². The van der Waals surface area contributed by atoms with Gasteiger partial charge in [0.2, 0.25) is 5.91 Å². The minimum Gasteiger partial charge on any atom is -0.367 e. The lowest BCUT2D eigenvalue weighted by Gasteiger charge is -2.37. The van der Waals surface area contributed by atoms with Crippen molar-refractivity contribution in [3.8, 4) is 0 Å². The van der Waals surface area contributed by atoms with Gasteiger partial charge in [-0.3, -0.25) is 14.6 Å². The first-order chi connectivity index (χ1) is 11.1.